The van der Waals surface area contributed by atoms with Crippen LogP contribution in [0.2, 0.25) is 0 Å². The maximum Gasteiger partial charge on any atom is 0.252 e. The average Bonchev–Trinajstić information content (AvgIpc) is 3.52. The summed E-state index contributed by atoms with van der Waals surface area (Å²) >= 11 is 0. The lowest BCUT2D eigenvalue weighted by Gasteiger charge is -2.40. The first-order valence-electron chi connectivity index (χ1n) is 13.0. The van der Waals surface area contributed by atoms with Gasteiger partial charge in [0.2, 0.25) is 0 Å². The third kappa shape index (κ3) is 5.45. The molecule has 2 fully saturated rings. The number of nitrogens with one attached hydrogen (secondary N) is 2. The lowest BCUT2D eigenvalue weighted by molar-refractivity contribution is 0.0923. The number of imidazole rings is 1. The zero-order chi connectivity index (χ0) is 25.8. The van der Waals surface area contributed by atoms with Gasteiger partial charge in [-0.05, 0) is 63.3 Å². The van der Waals surface area contributed by atoms with E-state index >= 15 is 0 Å². The van der Waals surface area contributed by atoms with E-state index in [0.717, 1.165) is 55.8 Å². The van der Waals surface area contributed by atoms with Crippen LogP contribution < -0.4 is 20.3 Å². The second-order valence-electron chi connectivity index (χ2n) is 9.88. The Bertz CT molecular complexity index is 1210. The molecule has 2 aromatic heterocycles. The van der Waals surface area contributed by atoms with Crippen molar-refractivity contribution >= 4 is 17.6 Å². The predicted octanol–water partition coefficient (Wildman–Crippen LogP) is 3.35. The number of carbonyl (C=O) groups excluding carboxylic acids is 2. The molecular weight excluding hydrogens is 468 g/mol. The van der Waals surface area contributed by atoms with Crippen LogP contribution >= 0.6 is 0 Å². The normalized spacial score (nSPS) is 20.5. The second kappa shape index (κ2) is 11.0. The molecular formula is C28H34N6O3. The number of fused-ring (bicyclic) bond motifs is 2. The van der Waals surface area contributed by atoms with Crippen molar-refractivity contribution in [2.24, 2.45) is 0 Å². The van der Waals surface area contributed by atoms with E-state index in [1.165, 1.54) is 0 Å². The van der Waals surface area contributed by atoms with E-state index in [1.54, 1.807) is 25.8 Å². The first kappa shape index (κ1) is 24.8. The van der Waals surface area contributed by atoms with Crippen molar-refractivity contribution in [2.75, 3.05) is 18.6 Å². The number of nitrogens with zero attached hydrogens (tertiary/aromatic N) is 4. The van der Waals surface area contributed by atoms with Gasteiger partial charge in [0.25, 0.3) is 11.8 Å². The van der Waals surface area contributed by atoms with Crippen LogP contribution in [0.1, 0.15) is 58.4 Å². The van der Waals surface area contributed by atoms with Crippen molar-refractivity contribution in [3.05, 3.63) is 71.9 Å². The number of aryl methyl sites for hydroxylation is 1. The van der Waals surface area contributed by atoms with Gasteiger partial charge in [-0.15, -0.1) is 0 Å². The zero-order valence-corrected chi connectivity index (χ0v) is 21.4. The highest BCUT2D eigenvalue weighted by molar-refractivity contribution is 5.96. The number of aromatic nitrogens is 3. The number of hydrogen-bond acceptors (Lipinski definition) is 6. The Morgan fingerprint density at radius 2 is 1.92 bits per heavy atom. The van der Waals surface area contributed by atoms with Crippen molar-refractivity contribution in [3.63, 3.8) is 0 Å². The third-order valence-electron chi connectivity index (χ3n) is 7.53. The lowest BCUT2D eigenvalue weighted by atomic mass is 9.96. The van der Waals surface area contributed by atoms with Crippen molar-refractivity contribution in [2.45, 2.75) is 63.7 Å². The smallest absolute Gasteiger partial charge is 0.252 e. The first-order chi connectivity index (χ1) is 18.0. The fraction of sp³-hybridized carbons (Fsp3) is 0.429. The summed E-state index contributed by atoms with van der Waals surface area (Å²) in [6.07, 6.45) is 11.9. The minimum atomic E-state index is -0.109. The van der Waals surface area contributed by atoms with E-state index in [2.05, 4.69) is 25.5 Å². The van der Waals surface area contributed by atoms with Crippen LogP contribution in [0.15, 0.2) is 55.2 Å². The number of hydrogen-bond donors (Lipinski definition) is 2. The Morgan fingerprint density at radius 1 is 1.11 bits per heavy atom. The van der Waals surface area contributed by atoms with Gasteiger partial charge in [-0.2, -0.15) is 0 Å². The van der Waals surface area contributed by atoms with Crippen LogP contribution in [0.5, 0.6) is 5.75 Å². The molecule has 5 rings (SSSR count). The summed E-state index contributed by atoms with van der Waals surface area (Å²) in [7, 11) is 1.62. The Labute approximate surface area is 217 Å². The van der Waals surface area contributed by atoms with Crippen molar-refractivity contribution in [3.8, 4) is 5.75 Å². The van der Waals surface area contributed by atoms with Gasteiger partial charge in [-0.25, -0.2) is 9.97 Å². The number of anilines is 1. The molecule has 0 saturated carbocycles. The quantitative estimate of drug-likeness (QED) is 0.435. The summed E-state index contributed by atoms with van der Waals surface area (Å²) in [5.41, 5.74) is 2.08. The first-order valence-corrected chi connectivity index (χ1v) is 13.0. The number of pyridine rings is 1. The van der Waals surface area contributed by atoms with Crippen LogP contribution in [0, 0.1) is 6.92 Å². The Kier molecular flexibility index (Phi) is 7.39. The Balaban J connectivity index is 1.15. The van der Waals surface area contributed by atoms with Gasteiger partial charge in [-0.3, -0.25) is 9.59 Å². The van der Waals surface area contributed by atoms with Crippen molar-refractivity contribution in [1.29, 1.82) is 0 Å². The molecule has 1 aromatic carbocycles. The van der Waals surface area contributed by atoms with Crippen LogP contribution in [0.3, 0.4) is 0 Å². The van der Waals surface area contributed by atoms with Gasteiger partial charge in [0.05, 0.1) is 19.0 Å². The highest BCUT2D eigenvalue weighted by Crippen LogP contribution is 2.38. The van der Waals surface area contributed by atoms with E-state index in [-0.39, 0.29) is 17.9 Å². The molecule has 0 aliphatic carbocycles. The Hall–Kier alpha value is -3.88. The summed E-state index contributed by atoms with van der Waals surface area (Å²) in [5, 5.41) is 6.22. The Morgan fingerprint density at radius 3 is 2.59 bits per heavy atom. The maximum absolute atomic E-state index is 13.0. The molecule has 9 nitrogen and oxygen atoms in total. The number of piperidine rings is 1. The SMILES string of the molecule is COc1cccc(C(=O)NC2CC3CCC(C2)N3c2ccc(C(=O)NCCCn3ccnc3)cn2)c1C. The van der Waals surface area contributed by atoms with Crippen LogP contribution in [-0.2, 0) is 6.54 Å². The van der Waals surface area contributed by atoms with E-state index in [0.29, 0.717) is 29.8 Å². The van der Waals surface area contributed by atoms with E-state index in [9.17, 15) is 9.59 Å². The number of rotatable bonds is 9. The van der Waals surface area contributed by atoms with Gasteiger partial charge in [0.15, 0.2) is 0 Å². The topological polar surface area (TPSA) is 101 Å². The number of ether oxygens (including phenoxy) is 1. The summed E-state index contributed by atoms with van der Waals surface area (Å²) in [4.78, 5) is 36.6. The fourth-order valence-electron chi connectivity index (χ4n) is 5.67. The van der Waals surface area contributed by atoms with Crippen molar-refractivity contribution < 1.29 is 14.3 Å². The molecule has 194 valence electrons. The molecule has 2 aliphatic rings. The number of carbonyl (C=O) groups is 2. The van der Waals surface area contributed by atoms with Gasteiger partial charge in [0, 0.05) is 60.9 Å². The fourth-order valence-corrected chi connectivity index (χ4v) is 5.67. The highest BCUT2D eigenvalue weighted by Gasteiger charge is 2.42. The lowest BCUT2D eigenvalue weighted by Crippen LogP contribution is -2.50. The third-order valence-corrected chi connectivity index (χ3v) is 7.53. The minimum absolute atomic E-state index is 0.0484. The summed E-state index contributed by atoms with van der Waals surface area (Å²) < 4.78 is 7.36. The molecule has 2 bridgehead atoms. The molecule has 37 heavy (non-hydrogen) atoms. The van der Waals surface area contributed by atoms with E-state index < -0.39 is 0 Å². The van der Waals surface area contributed by atoms with Crippen molar-refractivity contribution in [1.82, 2.24) is 25.2 Å². The van der Waals surface area contributed by atoms with E-state index in [1.807, 2.05) is 48.0 Å². The molecule has 0 radical (unpaired) electrons. The minimum Gasteiger partial charge on any atom is -0.496 e. The molecule has 2 aliphatic heterocycles. The standard InChI is InChI=1S/C28H34N6O3/c1-19-24(5-3-6-25(19)37-2)28(36)32-21-15-22-8-9-23(16-21)34(22)26-10-7-20(17-31-26)27(35)30-11-4-13-33-14-12-29-18-33/h3,5-7,10,12,14,17-18,21-23H,4,8-9,11,13,15-16H2,1-2H3,(H,30,35)(H,32,36). The van der Waals surface area contributed by atoms with Crippen LogP contribution in [0.25, 0.3) is 0 Å². The zero-order valence-electron chi connectivity index (χ0n) is 21.4. The number of benzene rings is 1. The second-order valence-corrected chi connectivity index (χ2v) is 9.88. The van der Waals surface area contributed by atoms with E-state index in [4.69, 9.17) is 4.74 Å². The largest absolute Gasteiger partial charge is 0.496 e. The van der Waals surface area contributed by atoms with Gasteiger partial charge >= 0.3 is 0 Å². The van der Waals surface area contributed by atoms with Gasteiger partial charge in [0.1, 0.15) is 11.6 Å². The summed E-state index contributed by atoms with van der Waals surface area (Å²) in [6.45, 7) is 3.32. The van der Waals surface area contributed by atoms with Gasteiger partial charge in [-0.1, -0.05) is 6.07 Å². The number of amides is 2. The molecule has 2 N–H and O–H groups in total. The highest BCUT2D eigenvalue weighted by atomic mass is 16.5. The number of methoxy groups -OCH3 is 1. The molecule has 2 amide bonds. The summed E-state index contributed by atoms with van der Waals surface area (Å²) in [6, 6.07) is 10.1. The molecule has 2 saturated heterocycles. The average molecular weight is 503 g/mol. The molecule has 3 aromatic rings. The predicted molar refractivity (Wildman–Crippen MR) is 141 cm³/mol. The van der Waals surface area contributed by atoms with Crippen LogP contribution in [0.4, 0.5) is 5.82 Å². The molecule has 2 atom stereocenters. The molecule has 0 spiro atoms. The monoisotopic (exact) mass is 502 g/mol. The molecule has 9 heteroatoms. The molecule has 4 heterocycles. The maximum atomic E-state index is 13.0. The molecule has 2 unspecified atom stereocenters. The van der Waals surface area contributed by atoms with Crippen LogP contribution in [-0.4, -0.2) is 58.1 Å². The summed E-state index contributed by atoms with van der Waals surface area (Å²) in [5.74, 6) is 1.47. The van der Waals surface area contributed by atoms with Gasteiger partial charge < -0.3 is 24.8 Å².